The Labute approximate surface area is 165 Å². The molecule has 0 heterocycles. The van der Waals surface area contributed by atoms with E-state index in [1.807, 2.05) is 19.1 Å². The number of hydrogen-bond acceptors (Lipinski definition) is 5. The van der Waals surface area contributed by atoms with Crippen LogP contribution in [-0.4, -0.2) is 41.3 Å². The van der Waals surface area contributed by atoms with Crippen LogP contribution in [-0.2, 0) is 4.74 Å². The number of hydrogen-bond donors (Lipinski definition) is 1. The molecule has 0 saturated carbocycles. The third-order valence-electron chi connectivity index (χ3n) is 3.99. The molecule has 0 fully saturated rings. The zero-order chi connectivity index (χ0) is 20.9. The molecule has 0 aliphatic heterocycles. The van der Waals surface area contributed by atoms with Gasteiger partial charge in [0.15, 0.2) is 0 Å². The molecular weight excluding hydrogens is 358 g/mol. The molecular formula is C22H27NO5. The maximum atomic E-state index is 12.3. The van der Waals surface area contributed by atoms with Crippen LogP contribution < -0.4 is 4.74 Å². The predicted molar refractivity (Wildman–Crippen MR) is 106 cm³/mol. The lowest BCUT2D eigenvalue weighted by Gasteiger charge is -2.26. The average Bonchev–Trinajstić information content (AvgIpc) is 2.61. The van der Waals surface area contributed by atoms with Gasteiger partial charge in [0, 0.05) is 7.05 Å². The van der Waals surface area contributed by atoms with E-state index in [2.05, 4.69) is 0 Å². The van der Waals surface area contributed by atoms with E-state index in [4.69, 9.17) is 9.47 Å². The zero-order valence-electron chi connectivity index (χ0n) is 16.9. The van der Waals surface area contributed by atoms with Gasteiger partial charge in [-0.15, -0.1) is 0 Å². The molecule has 150 valence electrons. The van der Waals surface area contributed by atoms with Crippen molar-refractivity contribution >= 4 is 12.1 Å². The van der Waals surface area contributed by atoms with Gasteiger partial charge in [-0.3, -0.25) is 0 Å². The molecule has 1 unspecified atom stereocenters. The van der Waals surface area contributed by atoms with Gasteiger partial charge in [-0.05, 0) is 57.0 Å². The van der Waals surface area contributed by atoms with Gasteiger partial charge in [0.1, 0.15) is 11.4 Å². The van der Waals surface area contributed by atoms with Gasteiger partial charge in [0.05, 0.1) is 18.2 Å². The molecule has 1 atom stereocenters. The number of amides is 1. The lowest BCUT2D eigenvalue weighted by atomic mass is 10.1. The molecule has 2 aromatic carbocycles. The minimum Gasteiger partial charge on any atom is -0.444 e. The van der Waals surface area contributed by atoms with Gasteiger partial charge in [0.2, 0.25) is 0 Å². The summed E-state index contributed by atoms with van der Waals surface area (Å²) in [6.45, 7) is 7.28. The Kier molecular flexibility index (Phi) is 6.80. The number of carbonyl (C=O) groups excluding carboxylic acids is 2. The fourth-order valence-electron chi connectivity index (χ4n) is 2.50. The minimum atomic E-state index is -0.890. The SMILES string of the molecule is Cc1ccccc1C(=O)Oc1ccc(C(O)CN(C)C(=O)OC(C)(C)C)cc1. The van der Waals surface area contributed by atoms with E-state index in [9.17, 15) is 14.7 Å². The summed E-state index contributed by atoms with van der Waals surface area (Å²) in [5.41, 5.74) is 1.35. The Hall–Kier alpha value is -2.86. The van der Waals surface area contributed by atoms with Crippen LogP contribution in [0.5, 0.6) is 5.75 Å². The molecule has 6 nitrogen and oxygen atoms in total. The molecule has 0 spiro atoms. The van der Waals surface area contributed by atoms with E-state index in [0.29, 0.717) is 16.9 Å². The summed E-state index contributed by atoms with van der Waals surface area (Å²) >= 11 is 0. The number of rotatable bonds is 5. The summed E-state index contributed by atoms with van der Waals surface area (Å²) in [5.74, 6) is -0.0549. The highest BCUT2D eigenvalue weighted by atomic mass is 16.6. The first-order valence-electron chi connectivity index (χ1n) is 9.07. The van der Waals surface area contributed by atoms with Crippen molar-refractivity contribution < 1.29 is 24.2 Å². The monoisotopic (exact) mass is 385 g/mol. The van der Waals surface area contributed by atoms with Crippen molar-refractivity contribution in [1.82, 2.24) is 4.90 Å². The fraction of sp³-hybridized carbons (Fsp3) is 0.364. The number of benzene rings is 2. The number of carbonyl (C=O) groups is 2. The maximum Gasteiger partial charge on any atom is 0.410 e. The Balaban J connectivity index is 1.97. The molecule has 0 radical (unpaired) electrons. The van der Waals surface area contributed by atoms with Gasteiger partial charge in [0.25, 0.3) is 0 Å². The number of aliphatic hydroxyl groups is 1. The molecule has 0 aliphatic carbocycles. The summed E-state index contributed by atoms with van der Waals surface area (Å²) in [7, 11) is 1.57. The van der Waals surface area contributed by atoms with Gasteiger partial charge >= 0.3 is 12.1 Å². The molecule has 1 N–H and O–H groups in total. The van der Waals surface area contributed by atoms with Crippen LogP contribution in [0.1, 0.15) is 48.4 Å². The van der Waals surface area contributed by atoms with Crippen molar-refractivity contribution in [1.29, 1.82) is 0 Å². The zero-order valence-corrected chi connectivity index (χ0v) is 16.9. The predicted octanol–water partition coefficient (Wildman–Crippen LogP) is 4.11. The van der Waals surface area contributed by atoms with Gasteiger partial charge < -0.3 is 19.5 Å². The van der Waals surface area contributed by atoms with E-state index >= 15 is 0 Å². The van der Waals surface area contributed by atoms with Crippen molar-refractivity contribution in [3.63, 3.8) is 0 Å². The number of esters is 1. The number of likely N-dealkylation sites (N-methyl/N-ethyl adjacent to an activating group) is 1. The van der Waals surface area contributed by atoms with Crippen molar-refractivity contribution in [2.24, 2.45) is 0 Å². The highest BCUT2D eigenvalue weighted by molar-refractivity contribution is 5.92. The summed E-state index contributed by atoms with van der Waals surface area (Å²) in [6, 6.07) is 13.7. The van der Waals surface area contributed by atoms with E-state index in [1.165, 1.54) is 4.90 Å². The van der Waals surface area contributed by atoms with Crippen LogP contribution in [0.3, 0.4) is 0 Å². The van der Waals surface area contributed by atoms with Crippen molar-refractivity contribution in [3.8, 4) is 5.75 Å². The molecule has 2 aromatic rings. The molecule has 1 amide bonds. The Morgan fingerprint density at radius 2 is 1.68 bits per heavy atom. The molecule has 0 saturated heterocycles. The van der Waals surface area contributed by atoms with Crippen LogP contribution in [0.4, 0.5) is 4.79 Å². The van der Waals surface area contributed by atoms with E-state index in [0.717, 1.165) is 5.56 Å². The Morgan fingerprint density at radius 1 is 1.07 bits per heavy atom. The smallest absolute Gasteiger partial charge is 0.410 e. The average molecular weight is 385 g/mol. The lowest BCUT2D eigenvalue weighted by molar-refractivity contribution is 0.0205. The van der Waals surface area contributed by atoms with Crippen LogP contribution >= 0.6 is 0 Å². The van der Waals surface area contributed by atoms with E-state index in [-0.39, 0.29) is 6.54 Å². The van der Waals surface area contributed by atoms with Crippen LogP contribution in [0.15, 0.2) is 48.5 Å². The molecule has 0 aromatic heterocycles. The first-order valence-corrected chi connectivity index (χ1v) is 9.07. The third-order valence-corrected chi connectivity index (χ3v) is 3.99. The summed E-state index contributed by atoms with van der Waals surface area (Å²) in [5, 5.41) is 10.4. The summed E-state index contributed by atoms with van der Waals surface area (Å²) in [6.07, 6.45) is -1.39. The highest BCUT2D eigenvalue weighted by Crippen LogP contribution is 2.21. The van der Waals surface area contributed by atoms with Crippen LogP contribution in [0.2, 0.25) is 0 Å². The molecule has 6 heteroatoms. The van der Waals surface area contributed by atoms with Crippen molar-refractivity contribution in [2.45, 2.75) is 39.4 Å². The summed E-state index contributed by atoms with van der Waals surface area (Å²) in [4.78, 5) is 25.6. The van der Waals surface area contributed by atoms with E-state index < -0.39 is 23.8 Å². The molecule has 0 bridgehead atoms. The first kappa shape index (κ1) is 21.4. The standard InChI is InChI=1S/C22H27NO5/c1-15-8-6-7-9-18(15)20(25)27-17-12-10-16(11-13-17)19(24)14-23(5)21(26)28-22(2,3)4/h6-13,19,24H,14H2,1-5H3. The second kappa shape index (κ2) is 8.89. The highest BCUT2D eigenvalue weighted by Gasteiger charge is 2.22. The van der Waals surface area contributed by atoms with Crippen LogP contribution in [0.25, 0.3) is 0 Å². The third kappa shape index (κ3) is 6.09. The molecule has 2 rings (SSSR count). The topological polar surface area (TPSA) is 76.1 Å². The second-order valence-electron chi connectivity index (χ2n) is 7.65. The second-order valence-corrected chi connectivity index (χ2v) is 7.65. The number of ether oxygens (including phenoxy) is 2. The number of nitrogens with zero attached hydrogens (tertiary/aromatic N) is 1. The van der Waals surface area contributed by atoms with Crippen molar-refractivity contribution in [3.05, 3.63) is 65.2 Å². The van der Waals surface area contributed by atoms with Gasteiger partial charge in [-0.1, -0.05) is 30.3 Å². The normalized spacial score (nSPS) is 12.2. The molecule has 28 heavy (non-hydrogen) atoms. The maximum absolute atomic E-state index is 12.3. The lowest BCUT2D eigenvalue weighted by Crippen LogP contribution is -2.36. The number of aryl methyl sites for hydroxylation is 1. The van der Waals surface area contributed by atoms with Crippen LogP contribution in [0, 0.1) is 6.92 Å². The Morgan fingerprint density at radius 3 is 2.25 bits per heavy atom. The Bertz CT molecular complexity index is 824. The van der Waals surface area contributed by atoms with Crippen molar-refractivity contribution in [2.75, 3.05) is 13.6 Å². The fourth-order valence-corrected chi connectivity index (χ4v) is 2.50. The van der Waals surface area contributed by atoms with E-state index in [1.54, 1.807) is 64.2 Å². The first-order chi connectivity index (χ1) is 13.1. The quantitative estimate of drug-likeness (QED) is 0.619. The van der Waals surface area contributed by atoms with Gasteiger partial charge in [-0.25, -0.2) is 9.59 Å². The van der Waals surface area contributed by atoms with Gasteiger partial charge in [-0.2, -0.15) is 0 Å². The number of aliphatic hydroxyl groups excluding tert-OH is 1. The minimum absolute atomic E-state index is 0.0806. The largest absolute Gasteiger partial charge is 0.444 e. The summed E-state index contributed by atoms with van der Waals surface area (Å²) < 4.78 is 10.7. The molecule has 0 aliphatic rings.